The van der Waals surface area contributed by atoms with Gasteiger partial charge in [0.2, 0.25) is 5.91 Å². The Hall–Kier alpha value is -3.16. The summed E-state index contributed by atoms with van der Waals surface area (Å²) in [5.41, 5.74) is 1.76. The molecule has 1 aromatic carbocycles. The number of aryl methyl sites for hydroxylation is 1. The van der Waals surface area contributed by atoms with E-state index in [9.17, 15) is 14.0 Å². The van der Waals surface area contributed by atoms with Gasteiger partial charge in [-0.1, -0.05) is 18.2 Å². The van der Waals surface area contributed by atoms with E-state index in [0.29, 0.717) is 18.5 Å². The van der Waals surface area contributed by atoms with Gasteiger partial charge in [-0.25, -0.2) is 9.37 Å². The maximum absolute atomic E-state index is 13.6. The van der Waals surface area contributed by atoms with Crippen LogP contribution in [-0.2, 0) is 20.7 Å². The van der Waals surface area contributed by atoms with Crippen molar-refractivity contribution >= 4 is 23.5 Å². The summed E-state index contributed by atoms with van der Waals surface area (Å²) in [6.07, 6.45) is 2.96. The van der Waals surface area contributed by atoms with E-state index in [1.165, 1.54) is 17.7 Å². The van der Waals surface area contributed by atoms with Gasteiger partial charge in [-0.2, -0.15) is 0 Å². The summed E-state index contributed by atoms with van der Waals surface area (Å²) in [4.78, 5) is 28.9. The molecule has 0 saturated carbocycles. The normalized spacial score (nSPS) is 13.5. The Bertz CT molecular complexity index is 906. The molecule has 8 heteroatoms. The first kappa shape index (κ1) is 22.5. The minimum absolute atomic E-state index is 0.0483. The number of benzene rings is 1. The fraction of sp³-hybridized carbons (Fsp3) is 0.435. The number of carbonyl (C=O) groups is 2. The second kappa shape index (κ2) is 11.3. The van der Waals surface area contributed by atoms with Crippen molar-refractivity contribution in [1.82, 2.24) is 10.3 Å². The SMILES string of the molecule is CCOC(=O)CC(NC(=O)CCCNc1ccc2c(n1)NCCC2)c1cccc(F)c1. The average Bonchev–Trinajstić information content (AvgIpc) is 2.76. The fourth-order valence-electron chi connectivity index (χ4n) is 3.52. The van der Waals surface area contributed by atoms with Gasteiger partial charge in [0.15, 0.2) is 0 Å². The maximum atomic E-state index is 13.6. The number of hydrogen-bond acceptors (Lipinski definition) is 6. The molecule has 2 aromatic rings. The van der Waals surface area contributed by atoms with Crippen LogP contribution in [0.4, 0.5) is 16.0 Å². The van der Waals surface area contributed by atoms with E-state index in [2.05, 4.69) is 27.0 Å². The van der Waals surface area contributed by atoms with Crippen LogP contribution in [0.3, 0.4) is 0 Å². The Morgan fingerprint density at radius 3 is 2.97 bits per heavy atom. The number of carbonyl (C=O) groups excluding carboxylic acids is 2. The zero-order valence-electron chi connectivity index (χ0n) is 17.7. The van der Waals surface area contributed by atoms with Crippen molar-refractivity contribution in [3.05, 3.63) is 53.3 Å². The van der Waals surface area contributed by atoms with E-state index in [1.54, 1.807) is 19.1 Å². The molecule has 0 saturated heterocycles. The number of rotatable bonds is 10. The molecule has 2 heterocycles. The molecular formula is C23H29FN4O3. The van der Waals surface area contributed by atoms with Crippen LogP contribution in [0.5, 0.6) is 0 Å². The summed E-state index contributed by atoms with van der Waals surface area (Å²) in [7, 11) is 0. The molecular weight excluding hydrogens is 399 g/mol. The summed E-state index contributed by atoms with van der Waals surface area (Å²) < 4.78 is 18.6. The van der Waals surface area contributed by atoms with Crippen molar-refractivity contribution < 1.29 is 18.7 Å². The van der Waals surface area contributed by atoms with Gasteiger partial charge in [0, 0.05) is 19.5 Å². The second-order valence-electron chi connectivity index (χ2n) is 7.45. The lowest BCUT2D eigenvalue weighted by Gasteiger charge is -2.19. The maximum Gasteiger partial charge on any atom is 0.308 e. The summed E-state index contributed by atoms with van der Waals surface area (Å²) in [5.74, 6) is 0.627. The largest absolute Gasteiger partial charge is 0.466 e. The molecule has 1 aliphatic rings. The third-order valence-corrected chi connectivity index (χ3v) is 5.04. The van der Waals surface area contributed by atoms with Gasteiger partial charge in [0.1, 0.15) is 17.5 Å². The van der Waals surface area contributed by atoms with E-state index in [1.807, 2.05) is 6.07 Å². The van der Waals surface area contributed by atoms with Gasteiger partial charge in [0.25, 0.3) is 0 Å². The third kappa shape index (κ3) is 6.94. The molecule has 1 aliphatic heterocycles. The molecule has 1 amide bonds. The summed E-state index contributed by atoms with van der Waals surface area (Å²) in [5, 5.41) is 9.36. The number of esters is 1. The van der Waals surface area contributed by atoms with Crippen molar-refractivity contribution in [2.45, 2.75) is 45.1 Å². The number of halogens is 1. The highest BCUT2D eigenvalue weighted by molar-refractivity contribution is 5.78. The van der Waals surface area contributed by atoms with Crippen molar-refractivity contribution in [2.24, 2.45) is 0 Å². The average molecular weight is 429 g/mol. The number of amides is 1. The van der Waals surface area contributed by atoms with Crippen LogP contribution in [0.1, 0.15) is 49.8 Å². The van der Waals surface area contributed by atoms with Gasteiger partial charge in [-0.05, 0) is 55.5 Å². The number of ether oxygens (including phenoxy) is 1. The Morgan fingerprint density at radius 2 is 2.16 bits per heavy atom. The third-order valence-electron chi connectivity index (χ3n) is 5.04. The van der Waals surface area contributed by atoms with Gasteiger partial charge < -0.3 is 20.7 Å². The van der Waals surface area contributed by atoms with Crippen LogP contribution >= 0.6 is 0 Å². The molecule has 0 spiro atoms. The van der Waals surface area contributed by atoms with Crippen LogP contribution in [0.2, 0.25) is 0 Å². The highest BCUT2D eigenvalue weighted by Crippen LogP contribution is 2.22. The Kier molecular flexibility index (Phi) is 8.20. The zero-order chi connectivity index (χ0) is 22.1. The Labute approximate surface area is 181 Å². The van der Waals surface area contributed by atoms with Crippen molar-refractivity contribution in [1.29, 1.82) is 0 Å². The minimum Gasteiger partial charge on any atom is -0.466 e. The predicted octanol–water partition coefficient (Wildman–Crippen LogP) is 3.58. The Balaban J connectivity index is 1.49. The smallest absolute Gasteiger partial charge is 0.308 e. The topological polar surface area (TPSA) is 92.3 Å². The predicted molar refractivity (Wildman–Crippen MR) is 117 cm³/mol. The Morgan fingerprint density at radius 1 is 1.29 bits per heavy atom. The van der Waals surface area contributed by atoms with Crippen LogP contribution < -0.4 is 16.0 Å². The van der Waals surface area contributed by atoms with E-state index in [4.69, 9.17) is 4.74 Å². The molecule has 0 aliphatic carbocycles. The lowest BCUT2D eigenvalue weighted by atomic mass is 10.0. The molecule has 0 bridgehead atoms. The van der Waals surface area contributed by atoms with E-state index in [0.717, 1.165) is 31.0 Å². The molecule has 0 radical (unpaired) electrons. The first-order valence-corrected chi connectivity index (χ1v) is 10.7. The number of hydrogen-bond donors (Lipinski definition) is 3. The van der Waals surface area contributed by atoms with E-state index >= 15 is 0 Å². The lowest BCUT2D eigenvalue weighted by molar-refractivity contribution is -0.143. The highest BCUT2D eigenvalue weighted by atomic mass is 19.1. The van der Waals surface area contributed by atoms with Gasteiger partial charge in [-0.3, -0.25) is 9.59 Å². The van der Waals surface area contributed by atoms with Crippen molar-refractivity contribution in [3.8, 4) is 0 Å². The van der Waals surface area contributed by atoms with Gasteiger partial charge in [0.05, 0.1) is 19.1 Å². The summed E-state index contributed by atoms with van der Waals surface area (Å²) in [6, 6.07) is 9.27. The summed E-state index contributed by atoms with van der Waals surface area (Å²) >= 11 is 0. The molecule has 1 atom stereocenters. The molecule has 166 valence electrons. The van der Waals surface area contributed by atoms with Gasteiger partial charge in [-0.15, -0.1) is 0 Å². The van der Waals surface area contributed by atoms with Crippen LogP contribution in [0, 0.1) is 5.82 Å². The first-order valence-electron chi connectivity index (χ1n) is 10.7. The molecule has 3 N–H and O–H groups in total. The molecule has 1 unspecified atom stereocenters. The number of nitrogens with zero attached hydrogens (tertiary/aromatic N) is 1. The summed E-state index contributed by atoms with van der Waals surface area (Å²) in [6.45, 7) is 3.48. The number of nitrogens with one attached hydrogen (secondary N) is 3. The van der Waals surface area contributed by atoms with Crippen molar-refractivity contribution in [3.63, 3.8) is 0 Å². The number of pyridine rings is 1. The minimum atomic E-state index is -0.636. The van der Waals surface area contributed by atoms with Crippen LogP contribution in [-0.4, -0.2) is 36.6 Å². The molecule has 31 heavy (non-hydrogen) atoms. The highest BCUT2D eigenvalue weighted by Gasteiger charge is 2.19. The van der Waals surface area contributed by atoms with Crippen LogP contribution in [0.15, 0.2) is 36.4 Å². The molecule has 1 aromatic heterocycles. The number of fused-ring (bicyclic) bond motifs is 1. The number of anilines is 2. The standard InChI is InChI=1S/C23H29FN4O3/c1-2-31-22(30)15-19(17-6-3-8-18(24)14-17)27-21(29)9-5-12-25-20-11-10-16-7-4-13-26-23(16)28-20/h3,6,8,10-11,14,19H,2,4-5,7,9,12-13,15H2,1H3,(H,27,29)(H2,25,26,28). The monoisotopic (exact) mass is 428 g/mol. The zero-order valence-corrected chi connectivity index (χ0v) is 17.7. The number of aromatic nitrogens is 1. The van der Waals surface area contributed by atoms with Crippen LogP contribution in [0.25, 0.3) is 0 Å². The second-order valence-corrected chi connectivity index (χ2v) is 7.45. The molecule has 3 rings (SSSR count). The van der Waals surface area contributed by atoms with E-state index < -0.39 is 17.8 Å². The molecule has 0 fully saturated rings. The van der Waals surface area contributed by atoms with Crippen molar-refractivity contribution in [2.75, 3.05) is 30.3 Å². The quantitative estimate of drug-likeness (QED) is 0.396. The van der Waals surface area contributed by atoms with E-state index in [-0.39, 0.29) is 25.4 Å². The first-order chi connectivity index (χ1) is 15.0. The molecule has 7 nitrogen and oxygen atoms in total. The lowest BCUT2D eigenvalue weighted by Crippen LogP contribution is -2.31. The van der Waals surface area contributed by atoms with Gasteiger partial charge >= 0.3 is 5.97 Å². The fourth-order valence-corrected chi connectivity index (χ4v) is 3.52.